The SMILES string of the molecule is CC(=O)C1CCCC1(NC(=O)[C@H](C)NC(=O)[C@H](CCCN=C(N)N)NC(=O)[C@@H](N)CC(C)C)C(=O)O. The average molecular weight is 512 g/mol. The van der Waals surface area contributed by atoms with E-state index in [1.165, 1.54) is 13.8 Å². The maximum atomic E-state index is 13.0. The summed E-state index contributed by atoms with van der Waals surface area (Å²) >= 11 is 0. The molecule has 0 saturated heterocycles. The summed E-state index contributed by atoms with van der Waals surface area (Å²) in [5.74, 6) is -4.32. The van der Waals surface area contributed by atoms with Crippen molar-refractivity contribution in [3.63, 3.8) is 0 Å². The van der Waals surface area contributed by atoms with Crippen LogP contribution in [0.25, 0.3) is 0 Å². The number of carbonyl (C=O) groups is 5. The topological polar surface area (TPSA) is 232 Å². The van der Waals surface area contributed by atoms with Crippen LogP contribution in [-0.2, 0) is 24.0 Å². The molecule has 1 rings (SSSR count). The third-order valence-corrected chi connectivity index (χ3v) is 6.27. The Kier molecular flexibility index (Phi) is 11.8. The van der Waals surface area contributed by atoms with E-state index in [2.05, 4.69) is 20.9 Å². The van der Waals surface area contributed by atoms with Crippen molar-refractivity contribution in [2.75, 3.05) is 6.54 Å². The summed E-state index contributed by atoms with van der Waals surface area (Å²) in [4.78, 5) is 66.3. The number of hydrogen-bond acceptors (Lipinski definition) is 7. The molecule has 0 aromatic heterocycles. The molecule has 1 aliphatic carbocycles. The first-order valence-corrected chi connectivity index (χ1v) is 12.2. The number of carboxylic acids is 1. The summed E-state index contributed by atoms with van der Waals surface area (Å²) in [5.41, 5.74) is 14.8. The van der Waals surface area contributed by atoms with E-state index in [9.17, 15) is 29.1 Å². The lowest BCUT2D eigenvalue weighted by Crippen LogP contribution is -2.62. The summed E-state index contributed by atoms with van der Waals surface area (Å²) < 4.78 is 0. The Balaban J connectivity index is 2.93. The highest BCUT2D eigenvalue weighted by molar-refractivity contribution is 5.97. The second kappa shape index (κ2) is 13.8. The molecule has 2 unspecified atom stereocenters. The van der Waals surface area contributed by atoms with E-state index in [1.807, 2.05) is 13.8 Å². The minimum absolute atomic E-state index is 0.104. The summed E-state index contributed by atoms with van der Waals surface area (Å²) in [7, 11) is 0. The number of rotatable bonds is 14. The molecule has 0 aromatic rings. The van der Waals surface area contributed by atoms with Crippen LogP contribution in [0, 0.1) is 11.8 Å². The van der Waals surface area contributed by atoms with Crippen molar-refractivity contribution >= 4 is 35.4 Å². The number of aliphatic imine (C=N–C) groups is 1. The number of nitrogens with one attached hydrogen (secondary N) is 3. The molecule has 0 aromatic carbocycles. The van der Waals surface area contributed by atoms with Gasteiger partial charge in [0.15, 0.2) is 5.96 Å². The van der Waals surface area contributed by atoms with Gasteiger partial charge in [-0.15, -0.1) is 0 Å². The molecule has 1 saturated carbocycles. The number of carboxylic acid groups (broad SMARTS) is 1. The molecular formula is C23H41N7O6. The minimum Gasteiger partial charge on any atom is -0.479 e. The fourth-order valence-corrected chi connectivity index (χ4v) is 4.39. The smallest absolute Gasteiger partial charge is 0.330 e. The van der Waals surface area contributed by atoms with Crippen LogP contribution in [0.2, 0.25) is 0 Å². The van der Waals surface area contributed by atoms with Crippen molar-refractivity contribution in [3.05, 3.63) is 0 Å². The maximum absolute atomic E-state index is 13.0. The molecule has 10 N–H and O–H groups in total. The molecule has 204 valence electrons. The standard InChI is InChI=1S/C23H41N7O6/c1-12(2)11-16(24)19(33)29-17(8-6-10-27-22(25)26)20(34)28-13(3)18(32)30-23(21(35)36)9-5-7-15(23)14(4)31/h12-13,15-17H,5-11,24H2,1-4H3,(H,28,34)(H,29,33)(H,30,32)(H,35,36)(H4,25,26,27)/t13-,15?,16-,17-,23?/m0/s1. The number of carbonyl (C=O) groups excluding carboxylic acids is 4. The molecule has 5 atom stereocenters. The second-order valence-corrected chi connectivity index (χ2v) is 9.80. The number of nitrogens with zero attached hydrogens (tertiary/aromatic N) is 1. The predicted molar refractivity (Wildman–Crippen MR) is 133 cm³/mol. The van der Waals surface area contributed by atoms with Crippen LogP contribution in [-0.4, -0.2) is 70.7 Å². The van der Waals surface area contributed by atoms with Gasteiger partial charge in [-0.05, 0) is 58.3 Å². The average Bonchev–Trinajstić information content (AvgIpc) is 3.20. The Morgan fingerprint density at radius 2 is 1.69 bits per heavy atom. The van der Waals surface area contributed by atoms with Crippen LogP contribution in [0.3, 0.4) is 0 Å². The van der Waals surface area contributed by atoms with Gasteiger partial charge in [0.25, 0.3) is 0 Å². The zero-order valence-corrected chi connectivity index (χ0v) is 21.5. The first kappa shape index (κ1) is 30.8. The zero-order chi connectivity index (χ0) is 27.6. The van der Waals surface area contributed by atoms with Crippen LogP contribution >= 0.6 is 0 Å². The van der Waals surface area contributed by atoms with Crippen LogP contribution in [0.1, 0.15) is 66.2 Å². The molecule has 3 amide bonds. The molecule has 1 aliphatic rings. The maximum Gasteiger partial charge on any atom is 0.330 e. The van der Waals surface area contributed by atoms with E-state index in [0.29, 0.717) is 25.7 Å². The Bertz CT molecular complexity index is 858. The van der Waals surface area contributed by atoms with E-state index in [-0.39, 0.29) is 37.0 Å². The molecule has 13 heteroatoms. The quantitative estimate of drug-likeness (QED) is 0.0835. The molecular weight excluding hydrogens is 470 g/mol. The van der Waals surface area contributed by atoms with Gasteiger partial charge in [-0.3, -0.25) is 24.2 Å². The normalized spacial score (nSPS) is 21.7. The highest BCUT2D eigenvalue weighted by atomic mass is 16.4. The van der Waals surface area contributed by atoms with E-state index >= 15 is 0 Å². The first-order valence-electron chi connectivity index (χ1n) is 12.2. The number of nitrogens with two attached hydrogens (primary N) is 3. The van der Waals surface area contributed by atoms with Crippen molar-refractivity contribution in [1.82, 2.24) is 16.0 Å². The highest BCUT2D eigenvalue weighted by Crippen LogP contribution is 2.36. The fraction of sp³-hybridized carbons (Fsp3) is 0.739. The van der Waals surface area contributed by atoms with Gasteiger partial charge in [-0.2, -0.15) is 0 Å². The van der Waals surface area contributed by atoms with Gasteiger partial charge in [0.1, 0.15) is 23.4 Å². The lowest BCUT2D eigenvalue weighted by Gasteiger charge is -2.32. The summed E-state index contributed by atoms with van der Waals surface area (Å²) in [5, 5.41) is 17.4. The van der Waals surface area contributed by atoms with Gasteiger partial charge in [-0.1, -0.05) is 13.8 Å². The number of hydrogen-bond donors (Lipinski definition) is 7. The lowest BCUT2D eigenvalue weighted by molar-refractivity contribution is -0.152. The minimum atomic E-state index is -1.72. The van der Waals surface area contributed by atoms with Crippen LogP contribution in [0.5, 0.6) is 0 Å². The molecule has 0 radical (unpaired) electrons. The number of Topliss-reactive ketones (excluding diaryl/α,β-unsaturated/α-hetero) is 1. The molecule has 1 fully saturated rings. The fourth-order valence-electron chi connectivity index (χ4n) is 4.39. The van der Waals surface area contributed by atoms with Gasteiger partial charge < -0.3 is 38.3 Å². The summed E-state index contributed by atoms with van der Waals surface area (Å²) in [6.07, 6.45) is 1.88. The molecule has 0 spiro atoms. The summed E-state index contributed by atoms with van der Waals surface area (Å²) in [6, 6.07) is -2.98. The van der Waals surface area contributed by atoms with Crippen LogP contribution in [0.15, 0.2) is 4.99 Å². The van der Waals surface area contributed by atoms with Crippen molar-refractivity contribution < 1.29 is 29.1 Å². The number of guanidine groups is 1. The third kappa shape index (κ3) is 8.77. The first-order chi connectivity index (χ1) is 16.7. The van der Waals surface area contributed by atoms with Gasteiger partial charge >= 0.3 is 5.97 Å². The zero-order valence-electron chi connectivity index (χ0n) is 21.5. The van der Waals surface area contributed by atoms with Crippen LogP contribution in [0.4, 0.5) is 0 Å². The van der Waals surface area contributed by atoms with E-state index in [0.717, 1.165) is 0 Å². The molecule has 0 bridgehead atoms. The van der Waals surface area contributed by atoms with Crippen molar-refractivity contribution in [2.24, 2.45) is 34.0 Å². The van der Waals surface area contributed by atoms with E-state index in [4.69, 9.17) is 17.2 Å². The lowest BCUT2D eigenvalue weighted by atomic mass is 9.84. The highest BCUT2D eigenvalue weighted by Gasteiger charge is 2.52. The third-order valence-electron chi connectivity index (χ3n) is 6.27. The second-order valence-electron chi connectivity index (χ2n) is 9.80. The van der Waals surface area contributed by atoms with Gasteiger partial charge in [0.2, 0.25) is 17.7 Å². The molecule has 36 heavy (non-hydrogen) atoms. The molecule has 0 heterocycles. The van der Waals surface area contributed by atoms with Gasteiger partial charge in [0.05, 0.1) is 12.0 Å². The van der Waals surface area contributed by atoms with E-state index < -0.39 is 53.3 Å². The molecule has 0 aliphatic heterocycles. The van der Waals surface area contributed by atoms with Crippen LogP contribution < -0.4 is 33.2 Å². The van der Waals surface area contributed by atoms with Crippen molar-refractivity contribution in [2.45, 2.75) is 89.9 Å². The predicted octanol–water partition coefficient (Wildman–Crippen LogP) is -1.27. The monoisotopic (exact) mass is 511 g/mol. The van der Waals surface area contributed by atoms with Crippen molar-refractivity contribution in [1.29, 1.82) is 0 Å². The Labute approximate surface area is 211 Å². The van der Waals surface area contributed by atoms with E-state index in [1.54, 1.807) is 0 Å². The number of amides is 3. The molecule has 13 nitrogen and oxygen atoms in total. The summed E-state index contributed by atoms with van der Waals surface area (Å²) in [6.45, 7) is 6.74. The largest absolute Gasteiger partial charge is 0.479 e. The van der Waals surface area contributed by atoms with Gasteiger partial charge in [-0.25, -0.2) is 4.79 Å². The number of ketones is 1. The Morgan fingerprint density at radius 1 is 1.06 bits per heavy atom. The number of aliphatic carboxylic acids is 1. The van der Waals surface area contributed by atoms with Gasteiger partial charge in [0, 0.05) is 6.54 Å². The van der Waals surface area contributed by atoms with Crippen molar-refractivity contribution in [3.8, 4) is 0 Å². The Morgan fingerprint density at radius 3 is 2.22 bits per heavy atom. The Hall–Kier alpha value is -3.22.